The average molecular weight is 753 g/mol. The number of ketones is 1. The van der Waals surface area contributed by atoms with Crippen molar-refractivity contribution in [3.63, 3.8) is 0 Å². The van der Waals surface area contributed by atoms with Crippen molar-refractivity contribution in [2.75, 3.05) is 13.2 Å². The van der Waals surface area contributed by atoms with Crippen LogP contribution in [0.2, 0.25) is 0 Å². The first-order valence-corrected chi connectivity index (χ1v) is 15.2. The Hall–Kier alpha value is -8.18. The monoisotopic (exact) mass is 752 g/mol. The Kier molecular flexibility index (Phi) is 9.86. The van der Waals surface area contributed by atoms with Crippen molar-refractivity contribution < 1.29 is 44.1 Å². The van der Waals surface area contributed by atoms with Crippen molar-refractivity contribution in [2.45, 2.75) is 0 Å². The van der Waals surface area contributed by atoms with Crippen LogP contribution in [0.25, 0.3) is 33.4 Å². The van der Waals surface area contributed by atoms with Gasteiger partial charge in [-0.3, -0.25) is 48.6 Å². The smallest absolute Gasteiger partial charge is 0.344 e. The highest BCUT2D eigenvalue weighted by molar-refractivity contribution is 6.17. The average Bonchev–Trinajstić information content (AvgIpc) is 3.62. The number of carbonyl (C=O) groups is 3. The van der Waals surface area contributed by atoms with E-state index in [-0.39, 0.29) is 61.9 Å². The Morgan fingerprint density at radius 1 is 0.745 bits per heavy atom. The van der Waals surface area contributed by atoms with Gasteiger partial charge in [0.2, 0.25) is 12.4 Å². The fourth-order valence-corrected chi connectivity index (χ4v) is 5.39. The van der Waals surface area contributed by atoms with Gasteiger partial charge in [-0.15, -0.1) is 0 Å². The molecule has 4 N–H and O–H groups in total. The molecule has 23 nitrogen and oxygen atoms in total. The normalized spacial score (nSPS) is 12.4. The van der Waals surface area contributed by atoms with Crippen molar-refractivity contribution in [3.8, 4) is 11.4 Å². The molecule has 0 saturated carbocycles. The molecule has 0 radical (unpaired) electrons. The number of carboxylic acids is 2. The second-order valence-electron chi connectivity index (χ2n) is 11.0. The molecule has 0 spiro atoms. The number of carbonyl (C=O) groups excluding carboxylic acids is 1. The number of nitro groups is 2. The highest BCUT2D eigenvalue weighted by Crippen LogP contribution is 2.31. The van der Waals surface area contributed by atoms with Crippen molar-refractivity contribution in [2.24, 2.45) is 11.1 Å². The highest BCUT2D eigenvalue weighted by Gasteiger charge is 2.33. The zero-order chi connectivity index (χ0) is 39.6. The molecule has 2 aromatic carbocycles. The third-order valence-electron chi connectivity index (χ3n) is 7.62. The Labute approximate surface area is 302 Å². The zero-order valence-corrected chi connectivity index (χ0v) is 27.3. The van der Waals surface area contributed by atoms with E-state index >= 15 is 0 Å². The summed E-state index contributed by atoms with van der Waals surface area (Å²) in [4.78, 5) is 104. The molecule has 0 unspecified atom stereocenters. The molecule has 8 rings (SSSR count). The van der Waals surface area contributed by atoms with Crippen LogP contribution in [-0.4, -0.2) is 85.8 Å². The standard InChI is InChI=1S/C16H9N5O6.C14H6N4O4.C2H5NO3/c22-12(23)7-27-19-13-10-6-8(21(25)26)3-4-11(10)20-15(13)18-14-9(16(20)24)2-1-5-17-14;19-11-9-6-7(18(21)22)3-4-10(9)17-13(11)16-12-8(14(17)20)2-1-5-15-12;3-6-1-2(4)5/h1-6H,7H2,(H,22,23);1-6H;1,3H2,(H,4,5). The zero-order valence-electron chi connectivity index (χ0n) is 27.3. The Balaban J connectivity index is 0.000000166. The number of nitro benzene ring substituents is 2. The number of aromatic nitrogens is 6. The molecule has 0 fully saturated rings. The van der Waals surface area contributed by atoms with Gasteiger partial charge in [0.15, 0.2) is 35.3 Å². The number of fused-ring (bicyclic) bond motifs is 8. The molecule has 0 atom stereocenters. The van der Waals surface area contributed by atoms with Crippen molar-refractivity contribution in [1.29, 1.82) is 0 Å². The van der Waals surface area contributed by atoms with Gasteiger partial charge in [0.05, 0.1) is 37.6 Å². The number of rotatable bonds is 7. The summed E-state index contributed by atoms with van der Waals surface area (Å²) in [6.07, 6.45) is 2.94. The van der Waals surface area contributed by atoms with Gasteiger partial charge in [-0.1, -0.05) is 5.16 Å². The lowest BCUT2D eigenvalue weighted by atomic mass is 10.1. The van der Waals surface area contributed by atoms with E-state index < -0.39 is 51.9 Å². The number of nitrogens with zero attached hydrogens (tertiary/aromatic N) is 9. The van der Waals surface area contributed by atoms with E-state index in [0.717, 1.165) is 6.07 Å². The lowest BCUT2D eigenvalue weighted by Gasteiger charge is -2.05. The van der Waals surface area contributed by atoms with Crippen molar-refractivity contribution in [1.82, 2.24) is 29.1 Å². The highest BCUT2D eigenvalue weighted by atomic mass is 16.6. The maximum Gasteiger partial charge on any atom is 0.344 e. The molecule has 2 aliphatic heterocycles. The minimum Gasteiger partial charge on any atom is -0.479 e. The molecular formula is C32H20N10O13. The van der Waals surface area contributed by atoms with Gasteiger partial charge < -0.3 is 15.1 Å². The van der Waals surface area contributed by atoms with E-state index in [1.807, 2.05) is 0 Å². The number of carboxylic acid groups (broad SMARTS) is 2. The summed E-state index contributed by atoms with van der Waals surface area (Å²) >= 11 is 0. The molecule has 4 aromatic heterocycles. The van der Waals surface area contributed by atoms with Gasteiger partial charge >= 0.3 is 11.9 Å². The van der Waals surface area contributed by atoms with E-state index in [0.29, 0.717) is 11.4 Å². The van der Waals surface area contributed by atoms with Crippen LogP contribution in [0.15, 0.2) is 87.8 Å². The van der Waals surface area contributed by atoms with Crippen LogP contribution in [0.5, 0.6) is 0 Å². The number of benzene rings is 2. The summed E-state index contributed by atoms with van der Waals surface area (Å²) in [6.45, 7) is -1.15. The van der Waals surface area contributed by atoms with Gasteiger partial charge in [-0.25, -0.2) is 35.4 Å². The Morgan fingerprint density at radius 3 is 1.73 bits per heavy atom. The molecular weight excluding hydrogens is 732 g/mol. The third-order valence-corrected chi connectivity index (χ3v) is 7.62. The van der Waals surface area contributed by atoms with Crippen molar-refractivity contribution >= 4 is 56.9 Å². The second kappa shape index (κ2) is 14.8. The number of pyridine rings is 2. The molecule has 0 aliphatic carbocycles. The SMILES string of the molecule is NOCC(=O)O.O=C(O)CON=C1c2cc([N+](=O)[O-])ccc2-n2c1nc1ncccc1c2=O.O=C1c2cc([N+](=O)[O-])ccc2-n2c1nc1ncccc1c2=O. The second-order valence-corrected chi connectivity index (χ2v) is 11.0. The number of hydrogen-bond acceptors (Lipinski definition) is 17. The van der Waals surface area contributed by atoms with Gasteiger partial charge in [0.1, 0.15) is 0 Å². The summed E-state index contributed by atoms with van der Waals surface area (Å²) in [7, 11) is 0. The number of aliphatic carboxylic acids is 2. The molecule has 6 aromatic rings. The van der Waals surface area contributed by atoms with Crippen LogP contribution in [-0.2, 0) is 19.3 Å². The van der Waals surface area contributed by atoms with E-state index in [4.69, 9.17) is 15.1 Å². The summed E-state index contributed by atoms with van der Waals surface area (Å²) in [5, 5.41) is 42.7. The number of non-ortho nitro benzene ring substituents is 2. The topological polar surface area (TPSA) is 330 Å². The molecule has 0 bridgehead atoms. The lowest BCUT2D eigenvalue weighted by Crippen LogP contribution is -2.22. The van der Waals surface area contributed by atoms with Crippen LogP contribution in [0.4, 0.5) is 11.4 Å². The fraction of sp³-hybridized carbons (Fsp3) is 0.0625. The van der Waals surface area contributed by atoms with E-state index in [1.165, 1.54) is 51.9 Å². The van der Waals surface area contributed by atoms with E-state index in [9.17, 15) is 44.2 Å². The van der Waals surface area contributed by atoms with Crippen LogP contribution in [0.1, 0.15) is 27.6 Å². The predicted molar refractivity (Wildman–Crippen MR) is 184 cm³/mol. The van der Waals surface area contributed by atoms with E-state index in [1.54, 1.807) is 24.3 Å². The van der Waals surface area contributed by atoms with Crippen LogP contribution >= 0.6 is 0 Å². The number of nitrogens with two attached hydrogens (primary N) is 1. The van der Waals surface area contributed by atoms with Gasteiger partial charge in [-0.05, 0) is 36.4 Å². The van der Waals surface area contributed by atoms with Gasteiger partial charge in [-0.2, -0.15) is 0 Å². The Morgan fingerprint density at radius 2 is 1.24 bits per heavy atom. The summed E-state index contributed by atoms with van der Waals surface area (Å²) in [6, 6.07) is 14.0. The molecule has 6 heterocycles. The quantitative estimate of drug-likeness (QED) is 0.151. The molecule has 2 aliphatic rings. The third kappa shape index (κ3) is 6.91. The largest absolute Gasteiger partial charge is 0.479 e. The van der Waals surface area contributed by atoms with Crippen LogP contribution < -0.4 is 17.0 Å². The number of oxime groups is 1. The molecule has 0 saturated heterocycles. The minimum atomic E-state index is -1.25. The molecule has 55 heavy (non-hydrogen) atoms. The maximum atomic E-state index is 12.9. The Bertz CT molecular complexity index is 2780. The summed E-state index contributed by atoms with van der Waals surface area (Å²) in [5.41, 5.74) is 0.0273. The fourth-order valence-electron chi connectivity index (χ4n) is 5.39. The first kappa shape index (κ1) is 36.6. The van der Waals surface area contributed by atoms with Gasteiger partial charge in [0, 0.05) is 42.2 Å². The molecule has 276 valence electrons. The van der Waals surface area contributed by atoms with Crippen LogP contribution in [0.3, 0.4) is 0 Å². The first-order valence-electron chi connectivity index (χ1n) is 15.2. The minimum absolute atomic E-state index is 0.0135. The van der Waals surface area contributed by atoms with Crippen molar-refractivity contribution in [3.05, 3.63) is 137 Å². The molecule has 0 amide bonds. The lowest BCUT2D eigenvalue weighted by molar-refractivity contribution is -0.385. The number of hydrogen-bond donors (Lipinski definition) is 3. The predicted octanol–water partition coefficient (Wildman–Crippen LogP) is 1.05. The van der Waals surface area contributed by atoms with Crippen LogP contribution in [0, 0.1) is 20.2 Å². The summed E-state index contributed by atoms with van der Waals surface area (Å²) in [5.74, 6) is 1.50. The maximum absolute atomic E-state index is 12.9. The molecule has 23 heteroatoms. The van der Waals surface area contributed by atoms with Gasteiger partial charge in [0.25, 0.3) is 22.5 Å². The summed E-state index contributed by atoms with van der Waals surface area (Å²) < 4.78 is 2.41. The van der Waals surface area contributed by atoms with E-state index in [2.05, 4.69) is 35.8 Å². The first-order chi connectivity index (χ1) is 26.3.